The average molecular weight is 1160 g/mol. The summed E-state index contributed by atoms with van der Waals surface area (Å²) in [5.41, 5.74) is 9.51. The van der Waals surface area contributed by atoms with E-state index in [2.05, 4.69) is 93.5 Å². The first-order chi connectivity index (χ1) is 36.5. The summed E-state index contributed by atoms with van der Waals surface area (Å²) in [4.78, 5) is 8.91. The van der Waals surface area contributed by atoms with E-state index in [1.165, 1.54) is 24.3 Å². The molecule has 1 aliphatic heterocycles. The second-order valence-corrected chi connectivity index (χ2v) is 21.8. The van der Waals surface area contributed by atoms with Crippen molar-refractivity contribution in [3.05, 3.63) is 223 Å². The van der Waals surface area contributed by atoms with Crippen molar-refractivity contribution in [1.29, 1.82) is 0 Å². The van der Waals surface area contributed by atoms with Gasteiger partial charge in [0.05, 0.1) is 5.48 Å². The van der Waals surface area contributed by atoms with Crippen LogP contribution >= 0.6 is 0 Å². The zero-order valence-electron chi connectivity index (χ0n) is 46.8. The van der Waals surface area contributed by atoms with E-state index in [9.17, 15) is 14.3 Å². The van der Waals surface area contributed by atoms with Crippen molar-refractivity contribution in [3.63, 3.8) is 0 Å². The SMILES string of the molecule is [2H]c1c([2H])c(C(C)(C)C)c([2H])c([2H])c1-c1cc(Oc2[c-]c3c(cc2)c2ccccc2n3-c2cc(C(C)(C)C)ccn2)[c-]c(N2[CH-]N(c3c(-c4ccc(F)cc4)cc(C(C)(C)C)cc3-c3ccc(F)cc3)c3ccccc32)c1.[Pt]. The van der Waals surface area contributed by atoms with Crippen molar-refractivity contribution in [3.8, 4) is 50.7 Å². The number of ether oxygens (including phenoxy) is 1. The zero-order chi connectivity index (χ0) is 54.5. The van der Waals surface area contributed by atoms with E-state index in [1.54, 1.807) is 30.3 Å². The summed E-state index contributed by atoms with van der Waals surface area (Å²) in [6.07, 6.45) is 1.83. The van der Waals surface area contributed by atoms with E-state index in [4.69, 9.17) is 9.72 Å². The molecule has 5 nitrogen and oxygen atoms in total. The van der Waals surface area contributed by atoms with Crippen LogP contribution < -0.4 is 14.5 Å². The number of halogens is 2. The second-order valence-electron chi connectivity index (χ2n) is 21.8. The molecule has 0 bridgehead atoms. The maximum absolute atomic E-state index is 14.7. The molecule has 0 radical (unpaired) electrons. The first-order valence-electron chi connectivity index (χ1n) is 26.6. The summed E-state index contributed by atoms with van der Waals surface area (Å²) in [6, 6.07) is 51.3. The number of para-hydroxylation sites is 3. The van der Waals surface area contributed by atoms with Gasteiger partial charge in [-0.05, 0) is 122 Å². The minimum absolute atomic E-state index is 0. The van der Waals surface area contributed by atoms with Crippen molar-refractivity contribution in [1.82, 2.24) is 9.55 Å². The van der Waals surface area contributed by atoms with Gasteiger partial charge in [0.25, 0.3) is 0 Å². The fourth-order valence-corrected chi connectivity index (χ4v) is 9.49. The van der Waals surface area contributed by atoms with Gasteiger partial charge in [0.2, 0.25) is 0 Å². The molecule has 0 atom stereocenters. The number of anilines is 4. The van der Waals surface area contributed by atoms with Crippen LogP contribution in [0.15, 0.2) is 176 Å². The van der Waals surface area contributed by atoms with E-state index >= 15 is 0 Å². The monoisotopic (exact) mass is 1160 g/mol. The number of hydrogen-bond acceptors (Lipinski definition) is 4. The molecule has 1 aliphatic rings. The fourth-order valence-electron chi connectivity index (χ4n) is 9.49. The molecule has 0 unspecified atom stereocenters. The zero-order valence-corrected chi connectivity index (χ0v) is 45.1. The first-order valence-corrected chi connectivity index (χ1v) is 24.6. The van der Waals surface area contributed by atoms with E-state index in [-0.39, 0.29) is 79.0 Å². The Morgan fingerprint density at radius 2 is 1.11 bits per heavy atom. The fraction of sp³-hybridized carbons (Fsp3) is 0.182. The van der Waals surface area contributed by atoms with Crippen LogP contribution in [0.1, 0.15) is 84.5 Å². The third kappa shape index (κ3) is 9.55. The Bertz CT molecular complexity index is 3870. The molecule has 0 saturated carbocycles. The Balaban J connectivity index is 0.00000688. The van der Waals surface area contributed by atoms with Gasteiger partial charge in [0, 0.05) is 72.5 Å². The third-order valence-corrected chi connectivity index (χ3v) is 13.5. The van der Waals surface area contributed by atoms with Gasteiger partial charge in [-0.3, -0.25) is 0 Å². The number of nitrogens with zero attached hydrogens (tertiary/aromatic N) is 4. The molecule has 0 N–H and O–H groups in total. The van der Waals surface area contributed by atoms with Gasteiger partial charge >= 0.3 is 0 Å². The van der Waals surface area contributed by atoms with Gasteiger partial charge in [0.1, 0.15) is 17.5 Å². The Kier molecular flexibility index (Phi) is 11.7. The molecule has 11 rings (SSSR count). The molecular weight excluding hydrogens is 1100 g/mol. The van der Waals surface area contributed by atoms with Crippen LogP contribution in [0.2, 0.25) is 0 Å². The number of hydrogen-bond donors (Lipinski definition) is 0. The van der Waals surface area contributed by atoms with Crippen molar-refractivity contribution in [2.75, 3.05) is 9.80 Å². The Labute approximate surface area is 454 Å². The van der Waals surface area contributed by atoms with Crippen LogP contribution in [-0.2, 0) is 37.3 Å². The predicted molar refractivity (Wildman–Crippen MR) is 297 cm³/mol. The van der Waals surface area contributed by atoms with Crippen molar-refractivity contribution in [2.24, 2.45) is 0 Å². The van der Waals surface area contributed by atoms with Crippen LogP contribution in [0.25, 0.3) is 61.0 Å². The molecule has 0 fully saturated rings. The summed E-state index contributed by atoms with van der Waals surface area (Å²) < 4.78 is 75.9. The van der Waals surface area contributed by atoms with Gasteiger partial charge in [-0.15, -0.1) is 53.6 Å². The molecule has 0 saturated heterocycles. The molecule has 374 valence electrons. The normalized spacial score (nSPS) is 13.6. The van der Waals surface area contributed by atoms with Crippen molar-refractivity contribution >= 4 is 44.6 Å². The van der Waals surface area contributed by atoms with Crippen LogP contribution in [0.3, 0.4) is 0 Å². The topological polar surface area (TPSA) is 33.5 Å². The summed E-state index contributed by atoms with van der Waals surface area (Å²) in [7, 11) is 0. The van der Waals surface area contributed by atoms with Gasteiger partial charge in [-0.25, -0.2) is 13.8 Å². The van der Waals surface area contributed by atoms with Gasteiger partial charge < -0.3 is 19.1 Å². The number of pyridine rings is 1. The molecule has 0 amide bonds. The molecule has 0 aliphatic carbocycles. The maximum atomic E-state index is 14.7. The van der Waals surface area contributed by atoms with Crippen LogP contribution in [-0.4, -0.2) is 9.55 Å². The summed E-state index contributed by atoms with van der Waals surface area (Å²) in [5.74, 6) is 0.613. The summed E-state index contributed by atoms with van der Waals surface area (Å²) in [6.45, 7) is 20.5. The number of rotatable bonds is 8. The third-order valence-electron chi connectivity index (χ3n) is 13.5. The van der Waals surface area contributed by atoms with Crippen molar-refractivity contribution in [2.45, 2.75) is 78.6 Å². The van der Waals surface area contributed by atoms with Crippen molar-refractivity contribution < 1.29 is 40.1 Å². The van der Waals surface area contributed by atoms with Crippen LogP contribution in [0.4, 0.5) is 31.5 Å². The van der Waals surface area contributed by atoms with E-state index < -0.39 is 5.41 Å². The molecule has 10 aromatic rings. The maximum Gasteiger partial charge on any atom is 0.135 e. The smallest absolute Gasteiger partial charge is 0.135 e. The molecule has 74 heavy (non-hydrogen) atoms. The average Bonchev–Trinajstić information content (AvgIpc) is 4.02. The first kappa shape index (κ1) is 45.3. The Hall–Kier alpha value is -7.34. The largest absolute Gasteiger partial charge is 0.509 e. The Morgan fingerprint density at radius 3 is 1.72 bits per heavy atom. The number of aromatic nitrogens is 2. The molecule has 3 heterocycles. The van der Waals surface area contributed by atoms with Gasteiger partial charge in [-0.2, -0.15) is 6.07 Å². The Morgan fingerprint density at radius 1 is 0.527 bits per heavy atom. The van der Waals surface area contributed by atoms with E-state index in [0.29, 0.717) is 22.6 Å². The van der Waals surface area contributed by atoms with Gasteiger partial charge in [-0.1, -0.05) is 147 Å². The number of fused-ring (bicyclic) bond motifs is 4. The second kappa shape index (κ2) is 19.2. The number of benzene rings is 8. The van der Waals surface area contributed by atoms with Crippen LogP contribution in [0.5, 0.6) is 11.5 Å². The minimum atomic E-state index is -0.676. The minimum Gasteiger partial charge on any atom is -0.509 e. The standard InChI is InChI=1S/C66H57F2N4O.Pt/c1-64(2,3)46-24-18-42(19-25-46)45-34-51(39-53(35-45)73-52-30-31-55-54-14-10-11-15-58(54)72(61(55)40-52)62-38-47(32-33-69-62)65(4,5)6)70-41-71(60-17-13-12-16-59(60)70)63-56(43-20-26-49(67)27-21-43)36-48(66(7,8)9)37-57(63)44-22-28-50(68)29-23-44;/h10-38,41H,1-9H3;/q-3;/i18D,19D,24D,25D;. The molecule has 8 heteroatoms. The van der Waals surface area contributed by atoms with E-state index in [1.807, 2.05) is 99.2 Å². The predicted octanol–water partition coefficient (Wildman–Crippen LogP) is 18.1. The molecular formula is C66H57F2N4OPt-3. The summed E-state index contributed by atoms with van der Waals surface area (Å²) in [5, 5.41) is 1.98. The van der Waals surface area contributed by atoms with E-state index in [0.717, 1.165) is 78.1 Å². The molecule has 8 aromatic carbocycles. The van der Waals surface area contributed by atoms with Gasteiger partial charge in [0.15, 0.2) is 0 Å². The molecule has 0 spiro atoms. The summed E-state index contributed by atoms with van der Waals surface area (Å²) >= 11 is 0. The van der Waals surface area contributed by atoms with Crippen LogP contribution in [0, 0.1) is 30.4 Å². The quantitative estimate of drug-likeness (QED) is 0.142. The molecule has 2 aromatic heterocycles.